The maximum Gasteiger partial charge on any atom is -0.298 e. The van der Waals surface area contributed by atoms with E-state index in [1.807, 2.05) is 18.2 Å². The third-order valence-electron chi connectivity index (χ3n) is 1.35. The molecular weight excluding hydrogens is 120 g/mol. The van der Waals surface area contributed by atoms with E-state index in [-0.39, 0.29) is 0 Å². The van der Waals surface area contributed by atoms with Crippen LogP contribution in [0.2, 0.25) is 0 Å². The minimum absolute atomic E-state index is 0.973. The molecule has 0 aliphatic carbocycles. The molecule has 0 amide bonds. The molecule has 2 aromatic carbocycles. The Morgan fingerprint density at radius 2 is 1.90 bits per heavy atom. The van der Waals surface area contributed by atoms with Crippen LogP contribution in [-0.4, -0.2) is 0 Å². The van der Waals surface area contributed by atoms with Gasteiger partial charge in [0.2, 0.25) is 0 Å². The molecule has 0 N–H and O–H groups in total. The van der Waals surface area contributed by atoms with E-state index >= 15 is 0 Å². The Hall–Kier alpha value is -1.30. The van der Waals surface area contributed by atoms with Crippen molar-refractivity contribution in [1.29, 1.82) is 0 Å². The third kappa shape index (κ3) is 0.781. The van der Waals surface area contributed by atoms with Crippen molar-refractivity contribution in [3.05, 3.63) is 48.5 Å². The molecule has 0 aliphatic heterocycles. The molecule has 0 spiro atoms. The minimum atomic E-state index is 0.973. The van der Waals surface area contributed by atoms with Crippen LogP contribution in [0.15, 0.2) is 24.3 Å². The molecule has 0 saturated carbocycles. The summed E-state index contributed by atoms with van der Waals surface area (Å²) in [6.07, 6.45) is 0. The highest BCUT2D eigenvalue weighted by Crippen LogP contribution is 2.08. The summed E-state index contributed by atoms with van der Waals surface area (Å²) in [6, 6.07) is 19.3. The van der Waals surface area contributed by atoms with Gasteiger partial charge in [0.15, 0.2) is 0 Å². The summed E-state index contributed by atoms with van der Waals surface area (Å²) >= 11 is 0. The average molecular weight is 124 g/mol. The van der Waals surface area contributed by atoms with Crippen LogP contribution in [0.25, 0.3) is 10.8 Å². The van der Waals surface area contributed by atoms with Crippen LogP contribution in [0.3, 0.4) is 0 Å². The quantitative estimate of drug-likeness (QED) is 0.471. The van der Waals surface area contributed by atoms with Crippen LogP contribution in [0.4, 0.5) is 0 Å². The molecule has 0 saturated heterocycles. The number of hydrogen-bond donors (Lipinski definition) is 0. The Bertz CT molecular complexity index is 271. The smallest absolute Gasteiger partial charge is 0.298 e. The summed E-state index contributed by atoms with van der Waals surface area (Å²) in [5, 5.41) is 1.99. The van der Waals surface area contributed by atoms with Crippen LogP contribution >= 0.6 is 0 Å². The molecule has 0 heteroatoms. The van der Waals surface area contributed by atoms with Gasteiger partial charge in [-0.2, -0.15) is 0 Å². The van der Waals surface area contributed by atoms with Crippen LogP contribution in [0.5, 0.6) is 0 Å². The van der Waals surface area contributed by atoms with Crippen molar-refractivity contribution in [2.75, 3.05) is 0 Å². The van der Waals surface area contributed by atoms with E-state index in [1.165, 1.54) is 0 Å². The van der Waals surface area contributed by atoms with Crippen molar-refractivity contribution < 1.29 is 0 Å². The van der Waals surface area contributed by atoms with Gasteiger partial charge >= 0.3 is 0 Å². The Labute approximate surface area is 60.1 Å². The first-order chi connectivity index (χ1) is 4.97. The van der Waals surface area contributed by atoms with Crippen molar-refractivity contribution in [1.82, 2.24) is 0 Å². The van der Waals surface area contributed by atoms with Crippen molar-refractivity contribution in [3.8, 4) is 0 Å². The summed E-state index contributed by atoms with van der Waals surface area (Å²) in [5.74, 6) is 0. The zero-order valence-corrected chi connectivity index (χ0v) is 5.31. The molecule has 0 aromatic heterocycles. The second-order valence-corrected chi connectivity index (χ2v) is 2.01. The SMILES string of the molecule is [c-]1c[c-]c2[c-]cc[c-]c2c1. The Morgan fingerprint density at radius 3 is 2.80 bits per heavy atom. The maximum absolute atomic E-state index is 3.06. The summed E-state index contributed by atoms with van der Waals surface area (Å²) < 4.78 is 0. The summed E-state index contributed by atoms with van der Waals surface area (Å²) in [5.41, 5.74) is 0. The van der Waals surface area contributed by atoms with Crippen LogP contribution < -0.4 is 0 Å². The molecular formula is C10H4-4. The van der Waals surface area contributed by atoms with Gasteiger partial charge in [0.05, 0.1) is 0 Å². The number of benzene rings is 2. The second kappa shape index (κ2) is 2.14. The molecule has 0 radical (unpaired) electrons. The van der Waals surface area contributed by atoms with Crippen molar-refractivity contribution in [2.45, 2.75) is 0 Å². The highest BCUT2D eigenvalue weighted by atomic mass is 13.9. The van der Waals surface area contributed by atoms with Gasteiger partial charge in [0, 0.05) is 0 Å². The van der Waals surface area contributed by atoms with Gasteiger partial charge in [-0.1, -0.05) is 0 Å². The molecule has 0 unspecified atom stereocenters. The predicted octanol–water partition coefficient (Wildman–Crippen LogP) is 2.04. The zero-order valence-electron chi connectivity index (χ0n) is 5.31. The molecule has 2 aromatic rings. The fourth-order valence-corrected chi connectivity index (χ4v) is 0.878. The van der Waals surface area contributed by atoms with Gasteiger partial charge in [0.1, 0.15) is 0 Å². The van der Waals surface area contributed by atoms with Gasteiger partial charge < -0.3 is 53.2 Å². The van der Waals surface area contributed by atoms with E-state index in [2.05, 4.69) is 24.3 Å². The van der Waals surface area contributed by atoms with E-state index in [4.69, 9.17) is 0 Å². The number of fused-ring (bicyclic) bond motifs is 1. The zero-order chi connectivity index (χ0) is 6.81. The topological polar surface area (TPSA) is 0 Å². The first kappa shape index (κ1) is 5.48. The van der Waals surface area contributed by atoms with Crippen molar-refractivity contribution >= 4 is 10.8 Å². The molecule has 0 aliphatic rings. The van der Waals surface area contributed by atoms with E-state index in [0.29, 0.717) is 0 Å². The first-order valence-corrected chi connectivity index (χ1v) is 3.07. The molecule has 0 fully saturated rings. The fraction of sp³-hybridized carbons (Fsp3) is 0. The van der Waals surface area contributed by atoms with Gasteiger partial charge in [-0.25, -0.2) is 0 Å². The lowest BCUT2D eigenvalue weighted by Gasteiger charge is -2.24. The largest absolute Gasteiger partial charge is 0.400 e. The van der Waals surface area contributed by atoms with E-state index in [9.17, 15) is 0 Å². The summed E-state index contributed by atoms with van der Waals surface area (Å²) in [7, 11) is 0. The maximum atomic E-state index is 3.06. The summed E-state index contributed by atoms with van der Waals surface area (Å²) in [6.45, 7) is 0. The van der Waals surface area contributed by atoms with Gasteiger partial charge in [-0.05, 0) is 0 Å². The molecule has 48 valence electrons. The monoisotopic (exact) mass is 124 g/mol. The lowest BCUT2D eigenvalue weighted by molar-refractivity contribution is 1.71. The summed E-state index contributed by atoms with van der Waals surface area (Å²) in [4.78, 5) is 0. The second-order valence-electron chi connectivity index (χ2n) is 2.01. The number of hydrogen-bond acceptors (Lipinski definition) is 0. The lowest BCUT2D eigenvalue weighted by atomic mass is 10.1. The minimum Gasteiger partial charge on any atom is -0.400 e. The van der Waals surface area contributed by atoms with Gasteiger partial charge in [-0.3, -0.25) is 6.07 Å². The van der Waals surface area contributed by atoms with Crippen molar-refractivity contribution in [3.63, 3.8) is 0 Å². The Morgan fingerprint density at radius 1 is 1.00 bits per heavy atom. The Balaban J connectivity index is 2.89. The predicted molar refractivity (Wildman–Crippen MR) is 39.3 cm³/mol. The molecule has 10 heavy (non-hydrogen) atoms. The Kier molecular flexibility index (Phi) is 1.17. The van der Waals surface area contributed by atoms with Crippen LogP contribution in [0, 0.1) is 24.3 Å². The normalized spacial score (nSPS) is 10.0. The standard InChI is InChI=1S/C10H4/c1-2-6-10-8-4-3-7-9(10)5-1/h1-3,8H/q-4. The average Bonchev–Trinajstić information content (AvgIpc) is 2.05. The fourth-order valence-electron chi connectivity index (χ4n) is 0.878. The molecule has 0 atom stereocenters. The van der Waals surface area contributed by atoms with Crippen LogP contribution in [0.1, 0.15) is 0 Å². The molecule has 0 heterocycles. The van der Waals surface area contributed by atoms with Crippen LogP contribution in [-0.2, 0) is 0 Å². The highest BCUT2D eigenvalue weighted by Gasteiger charge is 1.53. The van der Waals surface area contributed by atoms with E-state index in [1.54, 1.807) is 6.07 Å². The lowest BCUT2D eigenvalue weighted by Crippen LogP contribution is -1.69. The third-order valence-corrected chi connectivity index (χ3v) is 1.35. The molecule has 0 bridgehead atoms. The molecule has 0 nitrogen and oxygen atoms in total. The van der Waals surface area contributed by atoms with Crippen molar-refractivity contribution in [2.24, 2.45) is 0 Å². The van der Waals surface area contributed by atoms with E-state index in [0.717, 1.165) is 10.8 Å². The molecule has 2 rings (SSSR count). The van der Waals surface area contributed by atoms with E-state index < -0.39 is 0 Å². The first-order valence-electron chi connectivity index (χ1n) is 3.07. The van der Waals surface area contributed by atoms with Gasteiger partial charge in [0.25, 0.3) is 0 Å². The number of rotatable bonds is 0. The highest BCUT2D eigenvalue weighted by molar-refractivity contribution is 5.80. The van der Waals surface area contributed by atoms with Gasteiger partial charge in [-0.15, -0.1) is 0 Å².